The molecule has 0 spiro atoms. The Kier molecular flexibility index (Phi) is 9.05. The van der Waals surface area contributed by atoms with E-state index < -0.39 is 30.1 Å². The standard InChI is InChI=1S/C22H24N2O6/c25-13-7-12-18(24-22(29)30-15-17-10-5-2-6-11-17)20(26)23-19(21(27)28)14-16-8-3-1-4-9-16/h1-6,8-11,13,18-19H,7,12,14-15H2,(H,23,26)(H,24,29)(H,27,28). The van der Waals surface area contributed by atoms with Crippen LogP contribution in [0.3, 0.4) is 0 Å². The first-order valence-electron chi connectivity index (χ1n) is 9.47. The molecule has 2 rings (SSSR count). The van der Waals surface area contributed by atoms with Crippen LogP contribution >= 0.6 is 0 Å². The van der Waals surface area contributed by atoms with Gasteiger partial charge in [0, 0.05) is 12.8 Å². The lowest BCUT2D eigenvalue weighted by Crippen LogP contribution is -2.52. The topological polar surface area (TPSA) is 122 Å². The summed E-state index contributed by atoms with van der Waals surface area (Å²) in [5, 5.41) is 14.3. The molecule has 2 aromatic rings. The number of carboxylic acid groups (broad SMARTS) is 1. The molecule has 30 heavy (non-hydrogen) atoms. The molecule has 0 heterocycles. The van der Waals surface area contributed by atoms with Gasteiger partial charge in [-0.15, -0.1) is 0 Å². The molecule has 158 valence electrons. The Morgan fingerprint density at radius 1 is 0.900 bits per heavy atom. The van der Waals surface area contributed by atoms with Gasteiger partial charge in [-0.05, 0) is 17.5 Å². The Balaban J connectivity index is 1.97. The maximum absolute atomic E-state index is 12.6. The average Bonchev–Trinajstić information content (AvgIpc) is 2.76. The first-order chi connectivity index (χ1) is 14.5. The molecule has 0 aliphatic carbocycles. The van der Waals surface area contributed by atoms with Gasteiger partial charge in [0.15, 0.2) is 0 Å². The first-order valence-corrected chi connectivity index (χ1v) is 9.47. The number of ether oxygens (including phenoxy) is 1. The summed E-state index contributed by atoms with van der Waals surface area (Å²) in [4.78, 5) is 47.0. The number of alkyl carbamates (subject to hydrolysis) is 1. The second-order valence-electron chi connectivity index (χ2n) is 6.59. The van der Waals surface area contributed by atoms with Crippen LogP contribution in [0.5, 0.6) is 0 Å². The zero-order valence-corrected chi connectivity index (χ0v) is 16.3. The number of benzene rings is 2. The van der Waals surface area contributed by atoms with E-state index in [0.29, 0.717) is 6.29 Å². The minimum Gasteiger partial charge on any atom is -0.480 e. The van der Waals surface area contributed by atoms with Crippen LogP contribution in [0.4, 0.5) is 4.79 Å². The molecule has 0 aliphatic heterocycles. The number of amides is 2. The SMILES string of the molecule is O=CCCC(NC(=O)OCc1ccccc1)C(=O)NC(Cc1ccccc1)C(=O)O. The number of nitrogens with one attached hydrogen (secondary N) is 2. The van der Waals surface area contributed by atoms with E-state index in [2.05, 4.69) is 10.6 Å². The Hall–Kier alpha value is -3.68. The number of aldehydes is 1. The Morgan fingerprint density at radius 3 is 2.07 bits per heavy atom. The van der Waals surface area contributed by atoms with Gasteiger partial charge in [-0.3, -0.25) is 4.79 Å². The van der Waals surface area contributed by atoms with E-state index in [1.54, 1.807) is 54.6 Å². The van der Waals surface area contributed by atoms with Gasteiger partial charge in [0.25, 0.3) is 0 Å². The van der Waals surface area contributed by atoms with E-state index in [-0.39, 0.29) is 25.9 Å². The van der Waals surface area contributed by atoms with Gasteiger partial charge in [-0.1, -0.05) is 60.7 Å². The Labute approximate surface area is 174 Å². The van der Waals surface area contributed by atoms with E-state index >= 15 is 0 Å². The normalized spacial score (nSPS) is 12.3. The van der Waals surface area contributed by atoms with Crippen LogP contribution in [0.15, 0.2) is 60.7 Å². The summed E-state index contributed by atoms with van der Waals surface area (Å²) in [6.07, 6.45) is -0.0859. The summed E-state index contributed by atoms with van der Waals surface area (Å²) in [5.74, 6) is -1.90. The molecule has 0 aliphatic rings. The molecule has 2 unspecified atom stereocenters. The molecule has 0 aromatic heterocycles. The van der Waals surface area contributed by atoms with Crippen LogP contribution in [-0.2, 0) is 32.1 Å². The molecule has 8 nitrogen and oxygen atoms in total. The lowest BCUT2D eigenvalue weighted by atomic mass is 10.0. The number of carbonyl (C=O) groups is 4. The molecule has 0 radical (unpaired) electrons. The maximum Gasteiger partial charge on any atom is 0.408 e. The van der Waals surface area contributed by atoms with Crippen molar-refractivity contribution >= 4 is 24.3 Å². The maximum atomic E-state index is 12.6. The van der Waals surface area contributed by atoms with Gasteiger partial charge in [-0.2, -0.15) is 0 Å². The van der Waals surface area contributed by atoms with E-state index in [9.17, 15) is 24.3 Å². The van der Waals surface area contributed by atoms with Crippen LogP contribution < -0.4 is 10.6 Å². The van der Waals surface area contributed by atoms with E-state index in [4.69, 9.17) is 4.74 Å². The predicted octanol–water partition coefficient (Wildman–Crippen LogP) is 2.07. The summed E-state index contributed by atoms with van der Waals surface area (Å²) in [7, 11) is 0. The molecule has 3 N–H and O–H groups in total. The molecule has 0 saturated heterocycles. The summed E-state index contributed by atoms with van der Waals surface area (Å²) < 4.78 is 5.10. The number of hydrogen-bond acceptors (Lipinski definition) is 5. The van der Waals surface area contributed by atoms with Gasteiger partial charge in [0.05, 0.1) is 0 Å². The fraction of sp³-hybridized carbons (Fsp3) is 0.273. The summed E-state index contributed by atoms with van der Waals surface area (Å²) in [6, 6.07) is 15.6. The number of rotatable bonds is 11. The van der Waals surface area contributed by atoms with Crippen LogP contribution in [0, 0.1) is 0 Å². The van der Waals surface area contributed by atoms with E-state index in [1.165, 1.54) is 0 Å². The third-order valence-electron chi connectivity index (χ3n) is 4.29. The van der Waals surface area contributed by atoms with Gasteiger partial charge < -0.3 is 25.3 Å². The van der Waals surface area contributed by atoms with Crippen LogP contribution in [0.1, 0.15) is 24.0 Å². The Morgan fingerprint density at radius 2 is 1.50 bits per heavy atom. The van der Waals surface area contributed by atoms with E-state index in [0.717, 1.165) is 11.1 Å². The van der Waals surface area contributed by atoms with E-state index in [1.807, 2.05) is 6.07 Å². The van der Waals surface area contributed by atoms with Gasteiger partial charge in [0.2, 0.25) is 5.91 Å². The van der Waals surface area contributed by atoms with Crippen molar-refractivity contribution < 1.29 is 29.0 Å². The number of aliphatic carboxylic acids is 1. The van der Waals surface area contributed by atoms with Gasteiger partial charge in [-0.25, -0.2) is 9.59 Å². The number of carboxylic acids is 1. The lowest BCUT2D eigenvalue weighted by molar-refractivity contribution is -0.142. The molecular formula is C22H24N2O6. The molecule has 0 bridgehead atoms. The van der Waals surface area contributed by atoms with Crippen molar-refractivity contribution in [1.82, 2.24) is 10.6 Å². The second-order valence-corrected chi connectivity index (χ2v) is 6.59. The minimum atomic E-state index is -1.20. The second kappa shape index (κ2) is 12.0. The highest BCUT2D eigenvalue weighted by molar-refractivity contribution is 5.89. The third-order valence-corrected chi connectivity index (χ3v) is 4.29. The third kappa shape index (κ3) is 7.75. The van der Waals surface area contributed by atoms with Crippen molar-refractivity contribution in [2.24, 2.45) is 0 Å². The predicted molar refractivity (Wildman–Crippen MR) is 109 cm³/mol. The molecule has 2 atom stereocenters. The lowest BCUT2D eigenvalue weighted by Gasteiger charge is -2.21. The van der Waals surface area contributed by atoms with Crippen molar-refractivity contribution in [2.45, 2.75) is 38.0 Å². The smallest absolute Gasteiger partial charge is 0.408 e. The van der Waals surface area contributed by atoms with Crippen molar-refractivity contribution in [1.29, 1.82) is 0 Å². The van der Waals surface area contributed by atoms with Crippen LogP contribution in [-0.4, -0.2) is 41.4 Å². The number of carbonyl (C=O) groups excluding carboxylic acids is 3. The Bertz CT molecular complexity index is 841. The fourth-order valence-corrected chi connectivity index (χ4v) is 2.73. The quantitative estimate of drug-likeness (QED) is 0.486. The monoisotopic (exact) mass is 412 g/mol. The van der Waals surface area contributed by atoms with Gasteiger partial charge >= 0.3 is 12.1 Å². The average molecular weight is 412 g/mol. The van der Waals surface area contributed by atoms with Gasteiger partial charge in [0.1, 0.15) is 25.0 Å². The zero-order valence-electron chi connectivity index (χ0n) is 16.3. The highest BCUT2D eigenvalue weighted by Gasteiger charge is 2.27. The molecule has 2 aromatic carbocycles. The molecular weight excluding hydrogens is 388 g/mol. The number of hydrogen-bond donors (Lipinski definition) is 3. The summed E-state index contributed by atoms with van der Waals surface area (Å²) in [5.41, 5.74) is 1.51. The van der Waals surface area contributed by atoms with Crippen LogP contribution in [0.2, 0.25) is 0 Å². The van der Waals surface area contributed by atoms with Crippen LogP contribution in [0.25, 0.3) is 0 Å². The largest absolute Gasteiger partial charge is 0.480 e. The van der Waals surface area contributed by atoms with Crippen molar-refractivity contribution in [3.63, 3.8) is 0 Å². The molecule has 8 heteroatoms. The molecule has 2 amide bonds. The zero-order chi connectivity index (χ0) is 21.8. The fourth-order valence-electron chi connectivity index (χ4n) is 2.73. The van der Waals surface area contributed by atoms with Crippen molar-refractivity contribution in [2.75, 3.05) is 0 Å². The highest BCUT2D eigenvalue weighted by Crippen LogP contribution is 2.06. The highest BCUT2D eigenvalue weighted by atomic mass is 16.5. The first kappa shape index (κ1) is 22.6. The van der Waals surface area contributed by atoms with Crippen molar-refractivity contribution in [3.8, 4) is 0 Å². The molecule has 0 saturated carbocycles. The summed E-state index contributed by atoms with van der Waals surface area (Å²) >= 11 is 0. The van der Waals surface area contributed by atoms with Crippen molar-refractivity contribution in [3.05, 3.63) is 71.8 Å². The minimum absolute atomic E-state index is 0.0143. The molecule has 0 fully saturated rings. The summed E-state index contributed by atoms with van der Waals surface area (Å²) in [6.45, 7) is 0.0143.